The van der Waals surface area contributed by atoms with Gasteiger partial charge in [-0.25, -0.2) is 30.4 Å². The number of anilines is 1. The van der Waals surface area contributed by atoms with E-state index in [-0.39, 0.29) is 17.1 Å². The summed E-state index contributed by atoms with van der Waals surface area (Å²) in [4.78, 5) is -0.108. The molecule has 1 aromatic carbocycles. The first-order valence-electron chi connectivity index (χ1n) is 5.74. The summed E-state index contributed by atoms with van der Waals surface area (Å²) in [6.07, 6.45) is 1.13. The van der Waals surface area contributed by atoms with Crippen LogP contribution in [0.4, 0.5) is 5.69 Å². The van der Waals surface area contributed by atoms with Crippen LogP contribution in [-0.4, -0.2) is 43.1 Å². The van der Waals surface area contributed by atoms with Crippen molar-refractivity contribution in [2.75, 3.05) is 22.2 Å². The Morgan fingerprint density at radius 3 is 2.29 bits per heavy atom. The van der Waals surface area contributed by atoms with Crippen molar-refractivity contribution in [3.63, 3.8) is 0 Å². The molecule has 0 atom stereocenters. The van der Waals surface area contributed by atoms with Gasteiger partial charge in [-0.05, 0) is 30.2 Å². The maximum absolute atomic E-state index is 12.1. The third-order valence-electron chi connectivity index (χ3n) is 2.93. The van der Waals surface area contributed by atoms with Gasteiger partial charge in [-0.1, -0.05) is 0 Å². The van der Waals surface area contributed by atoms with Crippen LogP contribution >= 0.6 is 0 Å². The highest BCUT2D eigenvalue weighted by Gasteiger charge is 2.32. The zero-order chi connectivity index (χ0) is 16.1. The smallest absolute Gasteiger partial charge is 0.249 e. The molecule has 11 heteroatoms. The molecule has 2 N–H and O–H groups in total. The van der Waals surface area contributed by atoms with Crippen molar-refractivity contribution in [1.29, 1.82) is 0 Å². The summed E-state index contributed by atoms with van der Waals surface area (Å²) >= 11 is 0. The number of sulfonamides is 2. The van der Waals surface area contributed by atoms with E-state index in [1.165, 1.54) is 18.2 Å². The van der Waals surface area contributed by atoms with Crippen molar-refractivity contribution < 1.29 is 25.3 Å². The summed E-state index contributed by atoms with van der Waals surface area (Å²) in [5.41, 5.74) is 0.782. The molecule has 0 aromatic heterocycles. The first kappa shape index (κ1) is 16.2. The molecule has 0 saturated carbocycles. The maximum atomic E-state index is 12.1. The molecule has 1 aromatic rings. The average molecular weight is 354 g/mol. The van der Waals surface area contributed by atoms with Crippen LogP contribution in [0.1, 0.15) is 5.56 Å². The fraction of sp³-hybridized carbons (Fsp3) is 0.400. The van der Waals surface area contributed by atoms with Gasteiger partial charge in [0, 0.05) is 12.8 Å². The fourth-order valence-corrected chi connectivity index (χ4v) is 6.23. The van der Waals surface area contributed by atoms with Crippen molar-refractivity contribution >= 4 is 35.6 Å². The molecule has 2 rings (SSSR count). The number of fused-ring (bicyclic) bond motifs is 1. The molecule has 0 amide bonds. The number of hydrogen-bond donors (Lipinski definition) is 1. The lowest BCUT2D eigenvalue weighted by molar-refractivity contribution is 0.588. The second-order valence-electron chi connectivity index (χ2n) is 4.81. The highest BCUT2D eigenvalue weighted by Crippen LogP contribution is 2.32. The van der Waals surface area contributed by atoms with E-state index < -0.39 is 35.0 Å². The Balaban J connectivity index is 2.45. The Morgan fingerprint density at radius 2 is 1.76 bits per heavy atom. The van der Waals surface area contributed by atoms with Crippen LogP contribution in [0, 0.1) is 0 Å². The SMILES string of the molecule is CS(=O)(=O)CS(=O)(=O)N1CCc2cc(S(N)(=O)=O)ccc21. The van der Waals surface area contributed by atoms with Crippen LogP contribution in [0.2, 0.25) is 0 Å². The minimum Gasteiger partial charge on any atom is -0.269 e. The van der Waals surface area contributed by atoms with Crippen molar-refractivity contribution in [1.82, 2.24) is 0 Å². The molecule has 0 spiro atoms. The zero-order valence-corrected chi connectivity index (χ0v) is 13.5. The van der Waals surface area contributed by atoms with Crippen molar-refractivity contribution in [2.24, 2.45) is 5.14 Å². The van der Waals surface area contributed by atoms with Gasteiger partial charge in [0.25, 0.3) is 0 Å². The Bertz CT molecular complexity index is 887. The first-order valence-corrected chi connectivity index (χ1v) is 11.0. The molecule has 1 aliphatic heterocycles. The van der Waals surface area contributed by atoms with E-state index in [2.05, 4.69) is 0 Å². The topological polar surface area (TPSA) is 132 Å². The van der Waals surface area contributed by atoms with Gasteiger partial charge in [-0.15, -0.1) is 0 Å². The lowest BCUT2D eigenvalue weighted by Crippen LogP contribution is -2.33. The molecule has 0 bridgehead atoms. The predicted octanol–water partition coefficient (Wildman–Crippen LogP) is -0.972. The van der Waals surface area contributed by atoms with E-state index in [0.717, 1.165) is 10.6 Å². The molecule has 0 saturated heterocycles. The minimum absolute atomic E-state index is 0.0707. The number of sulfone groups is 1. The van der Waals surface area contributed by atoms with Gasteiger partial charge in [-0.2, -0.15) is 0 Å². The second kappa shape index (κ2) is 4.93. The highest BCUT2D eigenvalue weighted by molar-refractivity contribution is 8.08. The van der Waals surface area contributed by atoms with Crippen LogP contribution in [0.5, 0.6) is 0 Å². The summed E-state index contributed by atoms with van der Waals surface area (Å²) in [5.74, 6) is 0. The number of nitrogens with zero attached hydrogens (tertiary/aromatic N) is 1. The third-order valence-corrected chi connectivity index (χ3v) is 7.80. The number of benzene rings is 1. The monoisotopic (exact) mass is 354 g/mol. The Labute approximate surface area is 123 Å². The van der Waals surface area contributed by atoms with E-state index in [4.69, 9.17) is 5.14 Å². The molecule has 0 unspecified atom stereocenters. The summed E-state index contributed by atoms with van der Waals surface area (Å²) in [6, 6.07) is 3.82. The lowest BCUT2D eigenvalue weighted by atomic mass is 10.2. The first-order chi connectivity index (χ1) is 9.40. The molecular formula is C10H14N2O6S3. The van der Waals surface area contributed by atoms with E-state index in [1.807, 2.05) is 0 Å². The standard InChI is InChI=1S/C10H14N2O6S3/c1-19(13,14)7-20(15,16)12-5-4-8-6-9(21(11,17)18)2-3-10(8)12/h2-3,6H,4-5,7H2,1H3,(H2,11,17,18). The van der Waals surface area contributed by atoms with Crippen LogP contribution in [0.25, 0.3) is 0 Å². The molecule has 1 aliphatic rings. The Morgan fingerprint density at radius 1 is 1.14 bits per heavy atom. The summed E-state index contributed by atoms with van der Waals surface area (Å²) in [6.45, 7) is 0.0707. The van der Waals surface area contributed by atoms with Gasteiger partial charge >= 0.3 is 0 Å². The molecule has 0 radical (unpaired) electrons. The average Bonchev–Trinajstić information content (AvgIpc) is 2.67. The fourth-order valence-electron chi connectivity index (χ4n) is 2.15. The van der Waals surface area contributed by atoms with E-state index >= 15 is 0 Å². The molecule has 21 heavy (non-hydrogen) atoms. The molecule has 1 heterocycles. The quantitative estimate of drug-likeness (QED) is 0.740. The van der Waals surface area contributed by atoms with Crippen LogP contribution in [0.15, 0.2) is 23.1 Å². The van der Waals surface area contributed by atoms with Gasteiger partial charge < -0.3 is 0 Å². The van der Waals surface area contributed by atoms with Gasteiger partial charge in [-0.3, -0.25) is 4.31 Å². The molecular weight excluding hydrogens is 340 g/mol. The van der Waals surface area contributed by atoms with E-state index in [9.17, 15) is 25.3 Å². The second-order valence-corrected chi connectivity index (χ2v) is 10.8. The third kappa shape index (κ3) is 3.54. The number of rotatable bonds is 4. The largest absolute Gasteiger partial charge is 0.269 e. The Hall–Kier alpha value is -1.17. The van der Waals surface area contributed by atoms with Gasteiger partial charge in [0.15, 0.2) is 14.9 Å². The Kier molecular flexibility index (Phi) is 3.81. The van der Waals surface area contributed by atoms with Crippen LogP contribution in [0.3, 0.4) is 0 Å². The zero-order valence-electron chi connectivity index (χ0n) is 11.1. The predicted molar refractivity (Wildman–Crippen MR) is 77.5 cm³/mol. The van der Waals surface area contributed by atoms with Gasteiger partial charge in [0.1, 0.15) is 0 Å². The van der Waals surface area contributed by atoms with E-state index in [1.54, 1.807) is 0 Å². The van der Waals surface area contributed by atoms with Crippen LogP contribution in [-0.2, 0) is 36.3 Å². The lowest BCUT2D eigenvalue weighted by Gasteiger charge is -2.18. The summed E-state index contributed by atoms with van der Waals surface area (Å²) in [7, 11) is -11.6. The summed E-state index contributed by atoms with van der Waals surface area (Å²) < 4.78 is 70.1. The number of nitrogens with two attached hydrogens (primary N) is 1. The molecule has 118 valence electrons. The number of primary sulfonamides is 1. The minimum atomic E-state index is -4.01. The van der Waals surface area contributed by atoms with Crippen LogP contribution < -0.4 is 9.44 Å². The molecule has 0 fully saturated rings. The molecule has 0 aliphatic carbocycles. The van der Waals surface area contributed by atoms with Crippen molar-refractivity contribution in [3.05, 3.63) is 23.8 Å². The molecule has 8 nitrogen and oxygen atoms in total. The van der Waals surface area contributed by atoms with E-state index in [0.29, 0.717) is 12.0 Å². The van der Waals surface area contributed by atoms with Crippen molar-refractivity contribution in [3.8, 4) is 0 Å². The highest BCUT2D eigenvalue weighted by atomic mass is 32.3. The van der Waals surface area contributed by atoms with Crippen molar-refractivity contribution in [2.45, 2.75) is 11.3 Å². The van der Waals surface area contributed by atoms with Gasteiger partial charge in [0.2, 0.25) is 20.0 Å². The normalized spacial score (nSPS) is 16.0. The van der Waals surface area contributed by atoms with Gasteiger partial charge in [0.05, 0.1) is 10.6 Å². The maximum Gasteiger partial charge on any atom is 0.249 e. The summed E-state index contributed by atoms with van der Waals surface area (Å²) in [5, 5.41) is 4.03. The number of hydrogen-bond acceptors (Lipinski definition) is 6.